The van der Waals surface area contributed by atoms with Crippen LogP contribution in [-0.2, 0) is 13.1 Å². The Balaban J connectivity index is 1.70. The summed E-state index contributed by atoms with van der Waals surface area (Å²) in [6.45, 7) is 5.44. The average molecular weight is 411 g/mol. The topological polar surface area (TPSA) is 40.6 Å². The smallest absolute Gasteiger partial charge is 0.136 e. The van der Waals surface area contributed by atoms with Gasteiger partial charge in [-0.05, 0) is 30.8 Å². The van der Waals surface area contributed by atoms with Crippen LogP contribution in [0.3, 0.4) is 0 Å². The molecular weight excluding hydrogens is 384 g/mol. The van der Waals surface area contributed by atoms with Gasteiger partial charge in [0.15, 0.2) is 0 Å². The molecule has 29 heavy (non-hydrogen) atoms. The molecule has 0 spiro atoms. The number of ether oxygens (including phenoxy) is 1. The second-order valence-electron chi connectivity index (χ2n) is 7.49. The van der Waals surface area contributed by atoms with E-state index in [0.29, 0.717) is 11.7 Å². The number of hydrogen-bond acceptors (Lipinski definition) is 5. The number of nitrogens with zero attached hydrogens (tertiary/aromatic N) is 3. The molecule has 152 valence electrons. The largest absolute Gasteiger partial charge is 0.497 e. The first kappa shape index (κ1) is 20.0. The van der Waals surface area contributed by atoms with E-state index in [-0.39, 0.29) is 0 Å². The zero-order chi connectivity index (χ0) is 20.2. The first-order chi connectivity index (χ1) is 14.2. The quantitative estimate of drug-likeness (QED) is 0.623. The molecule has 4 rings (SSSR count). The molecule has 0 saturated carbocycles. The number of methoxy groups -OCH3 is 1. The predicted octanol–water partition coefficient (Wildman–Crippen LogP) is 3.94. The summed E-state index contributed by atoms with van der Waals surface area (Å²) in [5.74, 6) is 0.834. The maximum absolute atomic E-state index is 6.69. The van der Waals surface area contributed by atoms with Crippen molar-refractivity contribution in [2.24, 2.45) is 0 Å². The highest BCUT2D eigenvalue weighted by molar-refractivity contribution is 6.31. The number of anilines is 1. The number of nitrogens with one attached hydrogen (secondary N) is 1. The third kappa shape index (κ3) is 4.47. The molecule has 0 radical (unpaired) electrons. The third-order valence-corrected chi connectivity index (χ3v) is 5.82. The maximum Gasteiger partial charge on any atom is 0.136 e. The molecule has 1 aliphatic heterocycles. The molecule has 1 aromatic heterocycles. The number of rotatable bonds is 6. The number of halogens is 1. The molecule has 5 nitrogen and oxygen atoms in total. The standard InChI is InChI=1S/C23H27ClN4O/c1-27-10-12-28(13-11-27)22-19-14-18(29-2)8-9-21(19)26-23(24)20(22)16-25-15-17-6-4-3-5-7-17/h3-9,14,25H,10-13,15-16H2,1-2H3. The van der Waals surface area contributed by atoms with Crippen LogP contribution >= 0.6 is 11.6 Å². The molecule has 3 aromatic rings. The SMILES string of the molecule is COc1ccc2nc(Cl)c(CNCc3ccccc3)c(N3CCN(C)CC3)c2c1. The summed E-state index contributed by atoms with van der Waals surface area (Å²) in [5.41, 5.74) is 4.37. The van der Waals surface area contributed by atoms with E-state index < -0.39 is 0 Å². The van der Waals surface area contributed by atoms with Gasteiger partial charge in [0.05, 0.1) is 18.3 Å². The Hall–Kier alpha value is -2.34. The normalized spacial score (nSPS) is 15.1. The zero-order valence-electron chi connectivity index (χ0n) is 17.0. The van der Waals surface area contributed by atoms with Crippen molar-refractivity contribution in [1.82, 2.24) is 15.2 Å². The van der Waals surface area contributed by atoms with Crippen LogP contribution < -0.4 is 15.0 Å². The molecule has 2 aromatic carbocycles. The summed E-state index contributed by atoms with van der Waals surface area (Å²) in [7, 11) is 3.86. The van der Waals surface area contributed by atoms with Crippen molar-refractivity contribution in [3.8, 4) is 5.75 Å². The monoisotopic (exact) mass is 410 g/mol. The fourth-order valence-corrected chi connectivity index (χ4v) is 4.09. The molecule has 1 saturated heterocycles. The van der Waals surface area contributed by atoms with E-state index in [1.165, 1.54) is 11.3 Å². The highest BCUT2D eigenvalue weighted by atomic mass is 35.5. The van der Waals surface area contributed by atoms with E-state index in [0.717, 1.165) is 54.9 Å². The number of fused-ring (bicyclic) bond motifs is 1. The number of piperazine rings is 1. The number of hydrogen-bond donors (Lipinski definition) is 1. The Kier molecular flexibility index (Phi) is 6.19. The van der Waals surface area contributed by atoms with Gasteiger partial charge < -0.3 is 19.9 Å². The number of aromatic nitrogens is 1. The maximum atomic E-state index is 6.69. The Morgan fingerprint density at radius 1 is 1.03 bits per heavy atom. The first-order valence-corrected chi connectivity index (χ1v) is 10.4. The minimum atomic E-state index is 0.567. The van der Waals surface area contributed by atoms with Crippen LogP contribution in [0.25, 0.3) is 10.9 Å². The highest BCUT2D eigenvalue weighted by Crippen LogP contribution is 2.36. The Morgan fingerprint density at radius 3 is 2.52 bits per heavy atom. The van der Waals surface area contributed by atoms with Gasteiger partial charge in [-0.1, -0.05) is 41.9 Å². The number of likely N-dealkylation sites (N-methyl/N-ethyl adjacent to an activating group) is 1. The molecule has 1 fully saturated rings. The molecular formula is C23H27ClN4O. The van der Waals surface area contributed by atoms with Crippen molar-refractivity contribution in [3.63, 3.8) is 0 Å². The second kappa shape index (κ2) is 8.99. The summed E-state index contributed by atoms with van der Waals surface area (Å²) in [6, 6.07) is 16.4. The molecule has 0 bridgehead atoms. The van der Waals surface area contributed by atoms with Gasteiger partial charge in [0.1, 0.15) is 10.9 Å². The Labute approximate surface area is 177 Å². The Bertz CT molecular complexity index is 972. The van der Waals surface area contributed by atoms with Gasteiger partial charge in [0, 0.05) is 50.2 Å². The molecule has 1 N–H and O–H groups in total. The predicted molar refractivity (Wildman–Crippen MR) is 120 cm³/mol. The summed E-state index contributed by atoms with van der Waals surface area (Å²) in [4.78, 5) is 9.48. The Morgan fingerprint density at radius 2 is 1.79 bits per heavy atom. The van der Waals surface area contributed by atoms with Crippen molar-refractivity contribution in [3.05, 3.63) is 64.8 Å². The van der Waals surface area contributed by atoms with Crippen LogP contribution in [0.15, 0.2) is 48.5 Å². The minimum Gasteiger partial charge on any atom is -0.497 e. The lowest BCUT2D eigenvalue weighted by molar-refractivity contribution is 0.313. The molecule has 0 unspecified atom stereocenters. The molecule has 0 aliphatic carbocycles. The molecule has 0 atom stereocenters. The summed E-state index contributed by atoms with van der Waals surface area (Å²) in [6.07, 6.45) is 0. The van der Waals surface area contributed by atoms with E-state index in [1.807, 2.05) is 18.2 Å². The summed E-state index contributed by atoms with van der Waals surface area (Å²) in [5, 5.41) is 5.21. The number of benzene rings is 2. The van der Waals surface area contributed by atoms with Crippen molar-refractivity contribution in [2.45, 2.75) is 13.1 Å². The van der Waals surface area contributed by atoms with Gasteiger partial charge in [-0.3, -0.25) is 0 Å². The van der Waals surface area contributed by atoms with E-state index in [1.54, 1.807) is 7.11 Å². The average Bonchev–Trinajstić information content (AvgIpc) is 2.75. The van der Waals surface area contributed by atoms with E-state index >= 15 is 0 Å². The molecule has 2 heterocycles. The van der Waals surface area contributed by atoms with Gasteiger partial charge in [-0.2, -0.15) is 0 Å². The van der Waals surface area contributed by atoms with Crippen molar-refractivity contribution >= 4 is 28.2 Å². The van der Waals surface area contributed by atoms with Crippen LogP contribution in [0.1, 0.15) is 11.1 Å². The lowest BCUT2D eigenvalue weighted by Crippen LogP contribution is -2.45. The number of pyridine rings is 1. The lowest BCUT2D eigenvalue weighted by atomic mass is 10.1. The highest BCUT2D eigenvalue weighted by Gasteiger charge is 2.22. The summed E-state index contributed by atoms with van der Waals surface area (Å²) < 4.78 is 5.49. The van der Waals surface area contributed by atoms with Gasteiger partial charge in [-0.25, -0.2) is 4.98 Å². The van der Waals surface area contributed by atoms with E-state index in [2.05, 4.69) is 57.5 Å². The van der Waals surface area contributed by atoms with E-state index in [9.17, 15) is 0 Å². The van der Waals surface area contributed by atoms with Gasteiger partial charge in [-0.15, -0.1) is 0 Å². The zero-order valence-corrected chi connectivity index (χ0v) is 17.7. The van der Waals surface area contributed by atoms with Crippen LogP contribution in [0.5, 0.6) is 5.75 Å². The van der Waals surface area contributed by atoms with Crippen molar-refractivity contribution in [2.75, 3.05) is 45.2 Å². The molecule has 1 aliphatic rings. The molecule has 6 heteroatoms. The third-order valence-electron chi connectivity index (χ3n) is 5.51. The van der Waals surface area contributed by atoms with Gasteiger partial charge in [0.2, 0.25) is 0 Å². The fraction of sp³-hybridized carbons (Fsp3) is 0.348. The van der Waals surface area contributed by atoms with Crippen molar-refractivity contribution in [1.29, 1.82) is 0 Å². The van der Waals surface area contributed by atoms with Crippen molar-refractivity contribution < 1.29 is 4.74 Å². The van der Waals surface area contributed by atoms with Gasteiger partial charge >= 0.3 is 0 Å². The second-order valence-corrected chi connectivity index (χ2v) is 7.85. The minimum absolute atomic E-state index is 0.567. The van der Waals surface area contributed by atoms with Crippen LogP contribution in [-0.4, -0.2) is 50.2 Å². The molecule has 0 amide bonds. The van der Waals surface area contributed by atoms with Gasteiger partial charge in [0.25, 0.3) is 0 Å². The van der Waals surface area contributed by atoms with E-state index in [4.69, 9.17) is 16.3 Å². The van der Waals surface area contributed by atoms with Crippen LogP contribution in [0.2, 0.25) is 5.15 Å². The lowest BCUT2D eigenvalue weighted by Gasteiger charge is -2.36. The fourth-order valence-electron chi connectivity index (χ4n) is 3.84. The summed E-state index contributed by atoms with van der Waals surface area (Å²) >= 11 is 6.69. The van der Waals surface area contributed by atoms with Crippen LogP contribution in [0.4, 0.5) is 5.69 Å². The van der Waals surface area contributed by atoms with Crippen LogP contribution in [0, 0.1) is 0 Å². The first-order valence-electron chi connectivity index (χ1n) is 10.00.